The number of rotatable bonds is 5. The Morgan fingerprint density at radius 1 is 1.30 bits per heavy atom. The molecule has 1 aromatic carbocycles. The monoisotopic (exact) mass is 273 g/mol. The van der Waals surface area contributed by atoms with Crippen LogP contribution in [0.5, 0.6) is 5.75 Å². The summed E-state index contributed by atoms with van der Waals surface area (Å²) in [6.07, 6.45) is 5.99. The molecule has 2 aliphatic rings. The third kappa shape index (κ3) is 2.82. The fourth-order valence-electron chi connectivity index (χ4n) is 3.92. The highest BCUT2D eigenvalue weighted by Gasteiger charge is 2.40. The molecule has 0 unspecified atom stereocenters. The van der Waals surface area contributed by atoms with Crippen molar-refractivity contribution in [1.29, 1.82) is 0 Å². The number of hydrogen-bond donors (Lipinski definition) is 1. The van der Waals surface area contributed by atoms with Crippen LogP contribution in [0.25, 0.3) is 0 Å². The van der Waals surface area contributed by atoms with E-state index < -0.39 is 0 Å². The SMILES string of the molecule is CCOc1ccccc1NC(=O)C[C@H]1C[C@H]2CC[C@H]1C2. The van der Waals surface area contributed by atoms with Gasteiger partial charge in [-0.15, -0.1) is 0 Å². The fourth-order valence-corrected chi connectivity index (χ4v) is 3.92. The first kappa shape index (κ1) is 13.5. The van der Waals surface area contributed by atoms with Crippen molar-refractivity contribution in [3.05, 3.63) is 24.3 Å². The third-order valence-electron chi connectivity index (χ3n) is 4.79. The molecule has 0 aromatic heterocycles. The Hall–Kier alpha value is -1.51. The van der Waals surface area contributed by atoms with Crippen LogP contribution in [0.2, 0.25) is 0 Å². The van der Waals surface area contributed by atoms with Crippen molar-refractivity contribution in [3.63, 3.8) is 0 Å². The van der Waals surface area contributed by atoms with Crippen LogP contribution in [0.15, 0.2) is 24.3 Å². The summed E-state index contributed by atoms with van der Waals surface area (Å²) in [6.45, 7) is 2.56. The van der Waals surface area contributed by atoms with Crippen molar-refractivity contribution in [2.45, 2.75) is 39.0 Å². The standard InChI is InChI=1S/C17H23NO2/c1-2-20-16-6-4-3-5-15(16)18-17(19)11-14-10-12-7-8-13(14)9-12/h3-6,12-14H,2,7-11H2,1H3,(H,18,19)/t12-,13-,14+/m0/s1. The minimum Gasteiger partial charge on any atom is -0.492 e. The van der Waals surface area contributed by atoms with Gasteiger partial charge in [0.2, 0.25) is 5.91 Å². The second-order valence-electron chi connectivity index (χ2n) is 6.12. The van der Waals surface area contributed by atoms with E-state index in [1.807, 2.05) is 31.2 Å². The van der Waals surface area contributed by atoms with Gasteiger partial charge < -0.3 is 10.1 Å². The maximum atomic E-state index is 12.2. The van der Waals surface area contributed by atoms with Gasteiger partial charge in [-0.3, -0.25) is 4.79 Å². The average molecular weight is 273 g/mol. The van der Waals surface area contributed by atoms with Crippen LogP contribution in [-0.4, -0.2) is 12.5 Å². The molecular weight excluding hydrogens is 250 g/mol. The molecule has 0 heterocycles. The number of nitrogens with one attached hydrogen (secondary N) is 1. The van der Waals surface area contributed by atoms with E-state index in [1.54, 1.807) is 0 Å². The molecule has 1 amide bonds. The van der Waals surface area contributed by atoms with E-state index in [2.05, 4.69) is 5.32 Å². The number of ether oxygens (including phenoxy) is 1. The number of benzene rings is 1. The molecule has 1 aromatic rings. The van der Waals surface area contributed by atoms with Crippen LogP contribution < -0.4 is 10.1 Å². The number of hydrogen-bond acceptors (Lipinski definition) is 2. The maximum Gasteiger partial charge on any atom is 0.224 e. The summed E-state index contributed by atoms with van der Waals surface area (Å²) >= 11 is 0. The van der Waals surface area contributed by atoms with Crippen molar-refractivity contribution in [2.24, 2.45) is 17.8 Å². The maximum absolute atomic E-state index is 12.2. The molecule has 2 aliphatic carbocycles. The Morgan fingerprint density at radius 3 is 2.85 bits per heavy atom. The molecule has 108 valence electrons. The molecule has 3 atom stereocenters. The molecule has 1 N–H and O–H groups in total. The summed E-state index contributed by atoms with van der Waals surface area (Å²) < 4.78 is 5.54. The Balaban J connectivity index is 1.59. The lowest BCUT2D eigenvalue weighted by molar-refractivity contribution is -0.117. The van der Waals surface area contributed by atoms with Gasteiger partial charge in [0.15, 0.2) is 0 Å². The zero-order valence-electron chi connectivity index (χ0n) is 12.1. The van der Waals surface area contributed by atoms with Crippen molar-refractivity contribution in [1.82, 2.24) is 0 Å². The molecule has 3 heteroatoms. The Kier molecular flexibility index (Phi) is 3.95. The van der Waals surface area contributed by atoms with E-state index >= 15 is 0 Å². The van der Waals surface area contributed by atoms with E-state index in [4.69, 9.17) is 4.74 Å². The van der Waals surface area contributed by atoms with Gasteiger partial charge in [0.25, 0.3) is 0 Å². The van der Waals surface area contributed by atoms with Gasteiger partial charge in [0, 0.05) is 6.42 Å². The molecule has 0 aliphatic heterocycles. The summed E-state index contributed by atoms with van der Waals surface area (Å²) in [5.74, 6) is 3.19. The van der Waals surface area contributed by atoms with Crippen LogP contribution in [0.3, 0.4) is 0 Å². The Bertz CT molecular complexity index is 486. The number of anilines is 1. The molecule has 2 saturated carbocycles. The van der Waals surface area contributed by atoms with E-state index in [9.17, 15) is 4.79 Å². The summed E-state index contributed by atoms with van der Waals surface area (Å²) in [5, 5.41) is 3.02. The van der Waals surface area contributed by atoms with Gasteiger partial charge in [0.05, 0.1) is 12.3 Å². The van der Waals surface area contributed by atoms with E-state index in [-0.39, 0.29) is 5.91 Å². The normalized spacial score (nSPS) is 27.6. The van der Waals surface area contributed by atoms with Crippen molar-refractivity contribution < 1.29 is 9.53 Å². The predicted molar refractivity (Wildman–Crippen MR) is 79.8 cm³/mol. The van der Waals surface area contributed by atoms with Gasteiger partial charge in [-0.05, 0) is 56.1 Å². The van der Waals surface area contributed by atoms with Crippen LogP contribution in [-0.2, 0) is 4.79 Å². The molecular formula is C17H23NO2. The number of para-hydroxylation sites is 2. The second kappa shape index (κ2) is 5.86. The molecule has 0 radical (unpaired) electrons. The average Bonchev–Trinajstić information content (AvgIpc) is 3.03. The van der Waals surface area contributed by atoms with Gasteiger partial charge in [-0.2, -0.15) is 0 Å². The number of carbonyl (C=O) groups is 1. The molecule has 0 saturated heterocycles. The number of amides is 1. The molecule has 3 rings (SSSR count). The van der Waals surface area contributed by atoms with E-state index in [0.717, 1.165) is 23.3 Å². The summed E-state index contributed by atoms with van der Waals surface area (Å²) in [6, 6.07) is 7.66. The molecule has 3 nitrogen and oxygen atoms in total. The highest BCUT2D eigenvalue weighted by molar-refractivity contribution is 5.92. The zero-order valence-corrected chi connectivity index (χ0v) is 12.1. The van der Waals surface area contributed by atoms with Gasteiger partial charge >= 0.3 is 0 Å². The number of carbonyl (C=O) groups excluding carboxylic acids is 1. The second-order valence-corrected chi connectivity index (χ2v) is 6.12. The van der Waals surface area contributed by atoms with Crippen molar-refractivity contribution in [3.8, 4) is 5.75 Å². The van der Waals surface area contributed by atoms with Crippen LogP contribution in [0.4, 0.5) is 5.69 Å². The molecule has 20 heavy (non-hydrogen) atoms. The third-order valence-corrected chi connectivity index (χ3v) is 4.79. The zero-order chi connectivity index (χ0) is 13.9. The van der Waals surface area contributed by atoms with Gasteiger partial charge in [-0.25, -0.2) is 0 Å². The van der Waals surface area contributed by atoms with Crippen molar-refractivity contribution in [2.75, 3.05) is 11.9 Å². The van der Waals surface area contributed by atoms with Crippen LogP contribution >= 0.6 is 0 Å². The first-order valence-corrected chi connectivity index (χ1v) is 7.78. The first-order valence-electron chi connectivity index (χ1n) is 7.78. The summed E-state index contributed by atoms with van der Waals surface area (Å²) in [4.78, 5) is 12.2. The smallest absolute Gasteiger partial charge is 0.224 e. The lowest BCUT2D eigenvalue weighted by Gasteiger charge is -2.21. The topological polar surface area (TPSA) is 38.3 Å². The Labute approximate surface area is 120 Å². The quantitative estimate of drug-likeness (QED) is 0.885. The van der Waals surface area contributed by atoms with Crippen molar-refractivity contribution >= 4 is 11.6 Å². The molecule has 2 fully saturated rings. The summed E-state index contributed by atoms with van der Waals surface area (Å²) in [7, 11) is 0. The lowest BCUT2D eigenvalue weighted by Crippen LogP contribution is -2.20. The first-order chi connectivity index (χ1) is 9.76. The Morgan fingerprint density at radius 2 is 2.15 bits per heavy atom. The summed E-state index contributed by atoms with van der Waals surface area (Å²) in [5.41, 5.74) is 0.794. The minimum atomic E-state index is 0.134. The number of fused-ring (bicyclic) bond motifs is 2. The van der Waals surface area contributed by atoms with Gasteiger partial charge in [-0.1, -0.05) is 18.6 Å². The molecule has 0 spiro atoms. The van der Waals surface area contributed by atoms with Crippen LogP contribution in [0, 0.1) is 17.8 Å². The highest BCUT2D eigenvalue weighted by atomic mass is 16.5. The van der Waals surface area contributed by atoms with E-state index in [1.165, 1.54) is 25.7 Å². The lowest BCUT2D eigenvalue weighted by atomic mass is 9.86. The molecule has 2 bridgehead atoms. The van der Waals surface area contributed by atoms with Gasteiger partial charge in [0.1, 0.15) is 5.75 Å². The largest absolute Gasteiger partial charge is 0.492 e. The highest BCUT2D eigenvalue weighted by Crippen LogP contribution is 2.49. The fraction of sp³-hybridized carbons (Fsp3) is 0.588. The van der Waals surface area contributed by atoms with Crippen LogP contribution in [0.1, 0.15) is 39.0 Å². The van der Waals surface area contributed by atoms with E-state index in [0.29, 0.717) is 18.9 Å². The predicted octanol–water partition coefficient (Wildman–Crippen LogP) is 3.85. The minimum absolute atomic E-state index is 0.134.